The maximum Gasteiger partial charge on any atom is 0.325 e. The predicted molar refractivity (Wildman–Crippen MR) is 102 cm³/mol. The number of methoxy groups -OCH3 is 1. The van der Waals surface area contributed by atoms with Gasteiger partial charge in [-0.05, 0) is 49.6 Å². The zero-order valence-electron chi connectivity index (χ0n) is 15.6. The number of imide groups is 1. The number of ether oxygens (including phenoxy) is 2. The third kappa shape index (κ3) is 4.39. The quantitative estimate of drug-likeness (QED) is 0.728. The van der Waals surface area contributed by atoms with Gasteiger partial charge in [-0.1, -0.05) is 30.3 Å². The summed E-state index contributed by atoms with van der Waals surface area (Å²) in [7, 11) is 1.60. The molecular formula is C21H24N2O4. The first-order chi connectivity index (χ1) is 13.0. The number of benzene rings is 2. The van der Waals surface area contributed by atoms with E-state index in [1.54, 1.807) is 38.3 Å². The van der Waals surface area contributed by atoms with E-state index in [2.05, 4.69) is 5.32 Å². The van der Waals surface area contributed by atoms with Crippen LogP contribution in [0.3, 0.4) is 0 Å². The smallest absolute Gasteiger partial charge is 0.325 e. The van der Waals surface area contributed by atoms with Gasteiger partial charge in [-0.3, -0.25) is 9.69 Å². The fourth-order valence-electron chi connectivity index (χ4n) is 3.09. The second-order valence-corrected chi connectivity index (χ2v) is 6.73. The number of nitrogens with one attached hydrogen (secondary N) is 1. The van der Waals surface area contributed by atoms with Gasteiger partial charge in [0.1, 0.15) is 23.6 Å². The lowest BCUT2D eigenvalue weighted by Gasteiger charge is -2.21. The van der Waals surface area contributed by atoms with Crippen molar-refractivity contribution in [2.24, 2.45) is 0 Å². The number of rotatable bonds is 8. The molecule has 1 heterocycles. The Morgan fingerprint density at radius 2 is 1.67 bits per heavy atom. The van der Waals surface area contributed by atoms with E-state index in [1.165, 1.54) is 4.90 Å². The average Bonchev–Trinajstić information content (AvgIpc) is 2.91. The van der Waals surface area contributed by atoms with Crippen molar-refractivity contribution in [3.63, 3.8) is 0 Å². The lowest BCUT2D eigenvalue weighted by Crippen LogP contribution is -2.44. The predicted octanol–water partition coefficient (Wildman–Crippen LogP) is 3.02. The van der Waals surface area contributed by atoms with E-state index in [1.807, 2.05) is 30.3 Å². The van der Waals surface area contributed by atoms with Crippen molar-refractivity contribution in [2.45, 2.75) is 25.3 Å². The maximum atomic E-state index is 12.8. The zero-order chi connectivity index (χ0) is 19.3. The van der Waals surface area contributed by atoms with E-state index in [4.69, 9.17) is 9.47 Å². The average molecular weight is 368 g/mol. The van der Waals surface area contributed by atoms with Gasteiger partial charge in [0.05, 0.1) is 13.7 Å². The summed E-state index contributed by atoms with van der Waals surface area (Å²) in [6.07, 6.45) is 1.27. The minimum Gasteiger partial charge on any atom is -0.497 e. The Morgan fingerprint density at radius 1 is 1.00 bits per heavy atom. The Hall–Kier alpha value is -3.02. The van der Waals surface area contributed by atoms with Crippen LogP contribution < -0.4 is 14.8 Å². The summed E-state index contributed by atoms with van der Waals surface area (Å²) in [6, 6.07) is 16.7. The molecular weight excluding hydrogens is 344 g/mol. The third-order valence-corrected chi connectivity index (χ3v) is 4.74. The number of carbonyl (C=O) groups excluding carboxylic acids is 2. The number of amides is 3. The number of hydrogen-bond acceptors (Lipinski definition) is 4. The number of aryl methyl sites for hydroxylation is 1. The molecule has 2 aromatic carbocycles. The highest BCUT2D eigenvalue weighted by atomic mass is 16.5. The molecule has 1 N–H and O–H groups in total. The molecule has 142 valence electrons. The van der Waals surface area contributed by atoms with Gasteiger partial charge in [0.2, 0.25) is 0 Å². The first-order valence-corrected chi connectivity index (χ1v) is 8.97. The molecule has 0 bridgehead atoms. The largest absolute Gasteiger partial charge is 0.497 e. The van der Waals surface area contributed by atoms with E-state index < -0.39 is 5.54 Å². The Balaban J connectivity index is 1.53. The molecule has 0 radical (unpaired) electrons. The number of urea groups is 1. The molecule has 1 aliphatic heterocycles. The zero-order valence-corrected chi connectivity index (χ0v) is 15.6. The van der Waals surface area contributed by atoms with Crippen molar-refractivity contribution in [2.75, 3.05) is 20.3 Å². The standard InChI is InChI=1S/C21H24N2O4/c1-21(13-12-16-6-4-3-5-7-16)19(24)23(20(25)22-21)14-15-27-18-10-8-17(26-2)9-11-18/h3-11H,12-15H2,1-2H3,(H,22,25)/t21-/m0/s1. The number of carbonyl (C=O) groups is 2. The summed E-state index contributed by atoms with van der Waals surface area (Å²) >= 11 is 0. The van der Waals surface area contributed by atoms with Crippen molar-refractivity contribution < 1.29 is 19.1 Å². The van der Waals surface area contributed by atoms with Crippen LogP contribution in [-0.2, 0) is 11.2 Å². The van der Waals surface area contributed by atoms with Crippen LogP contribution in [0.5, 0.6) is 11.5 Å². The fourth-order valence-corrected chi connectivity index (χ4v) is 3.09. The van der Waals surface area contributed by atoms with Crippen molar-refractivity contribution in [3.05, 3.63) is 60.2 Å². The van der Waals surface area contributed by atoms with Crippen molar-refractivity contribution in [1.29, 1.82) is 0 Å². The molecule has 1 atom stereocenters. The van der Waals surface area contributed by atoms with Gasteiger partial charge in [0.15, 0.2) is 0 Å². The first kappa shape index (κ1) is 18.8. The van der Waals surface area contributed by atoms with Crippen LogP contribution in [0.25, 0.3) is 0 Å². The van der Waals surface area contributed by atoms with Gasteiger partial charge in [-0.25, -0.2) is 4.79 Å². The van der Waals surface area contributed by atoms with Crippen molar-refractivity contribution in [1.82, 2.24) is 10.2 Å². The van der Waals surface area contributed by atoms with E-state index >= 15 is 0 Å². The molecule has 3 rings (SSSR count). The van der Waals surface area contributed by atoms with Crippen LogP contribution in [0.4, 0.5) is 4.79 Å². The SMILES string of the molecule is COc1ccc(OCCN2C(=O)N[C@@](C)(CCc3ccccc3)C2=O)cc1. The molecule has 0 unspecified atom stereocenters. The van der Waals surface area contributed by atoms with Gasteiger partial charge in [-0.2, -0.15) is 0 Å². The Morgan fingerprint density at radius 3 is 2.33 bits per heavy atom. The maximum absolute atomic E-state index is 12.8. The highest BCUT2D eigenvalue weighted by Gasteiger charge is 2.47. The Bertz CT molecular complexity index is 792. The summed E-state index contributed by atoms with van der Waals surface area (Å²) in [5.74, 6) is 1.20. The van der Waals surface area contributed by atoms with Gasteiger partial charge < -0.3 is 14.8 Å². The number of nitrogens with zero attached hydrogens (tertiary/aromatic N) is 1. The summed E-state index contributed by atoms with van der Waals surface area (Å²) in [6.45, 7) is 2.22. The highest BCUT2D eigenvalue weighted by Crippen LogP contribution is 2.23. The molecule has 27 heavy (non-hydrogen) atoms. The van der Waals surface area contributed by atoms with Crippen molar-refractivity contribution in [3.8, 4) is 11.5 Å². The van der Waals surface area contributed by atoms with Crippen LogP contribution in [0.1, 0.15) is 18.9 Å². The molecule has 1 fully saturated rings. The minimum absolute atomic E-state index is 0.206. The molecule has 6 heteroatoms. The summed E-state index contributed by atoms with van der Waals surface area (Å²) < 4.78 is 10.7. The van der Waals surface area contributed by atoms with E-state index in [0.717, 1.165) is 17.7 Å². The lowest BCUT2D eigenvalue weighted by atomic mass is 9.93. The summed E-state index contributed by atoms with van der Waals surface area (Å²) in [4.78, 5) is 26.2. The molecule has 0 aromatic heterocycles. The number of hydrogen-bond donors (Lipinski definition) is 1. The molecule has 6 nitrogen and oxygen atoms in total. The molecule has 1 aliphatic rings. The normalized spacial score (nSPS) is 19.1. The van der Waals surface area contributed by atoms with Gasteiger partial charge in [-0.15, -0.1) is 0 Å². The molecule has 1 saturated heterocycles. The molecule has 0 spiro atoms. The highest BCUT2D eigenvalue weighted by molar-refractivity contribution is 6.06. The second-order valence-electron chi connectivity index (χ2n) is 6.73. The van der Waals surface area contributed by atoms with Crippen molar-refractivity contribution >= 4 is 11.9 Å². The summed E-state index contributed by atoms with van der Waals surface area (Å²) in [5, 5.41) is 2.83. The van der Waals surface area contributed by atoms with E-state index in [-0.39, 0.29) is 25.1 Å². The Labute approximate surface area is 159 Å². The van der Waals surface area contributed by atoms with Crippen LogP contribution >= 0.6 is 0 Å². The molecule has 2 aromatic rings. The second kappa shape index (κ2) is 8.12. The molecule has 0 aliphatic carbocycles. The molecule has 0 saturated carbocycles. The van der Waals surface area contributed by atoms with Gasteiger partial charge in [0.25, 0.3) is 5.91 Å². The summed E-state index contributed by atoms with van der Waals surface area (Å²) in [5.41, 5.74) is 0.259. The lowest BCUT2D eigenvalue weighted by molar-refractivity contribution is -0.131. The minimum atomic E-state index is -0.882. The monoisotopic (exact) mass is 368 g/mol. The van der Waals surface area contributed by atoms with Gasteiger partial charge in [0, 0.05) is 0 Å². The first-order valence-electron chi connectivity index (χ1n) is 8.97. The van der Waals surface area contributed by atoms with E-state index in [9.17, 15) is 9.59 Å². The third-order valence-electron chi connectivity index (χ3n) is 4.74. The topological polar surface area (TPSA) is 67.9 Å². The Kier molecular flexibility index (Phi) is 5.64. The van der Waals surface area contributed by atoms with Crippen LogP contribution in [-0.4, -0.2) is 42.6 Å². The fraction of sp³-hybridized carbons (Fsp3) is 0.333. The molecule has 3 amide bonds. The van der Waals surface area contributed by atoms with E-state index in [0.29, 0.717) is 12.2 Å². The van der Waals surface area contributed by atoms with Gasteiger partial charge >= 0.3 is 6.03 Å². The van der Waals surface area contributed by atoms with Crippen LogP contribution in [0.2, 0.25) is 0 Å². The van der Waals surface area contributed by atoms with Crippen LogP contribution in [0.15, 0.2) is 54.6 Å². The van der Waals surface area contributed by atoms with Crippen LogP contribution in [0, 0.1) is 0 Å².